The van der Waals surface area contributed by atoms with Gasteiger partial charge in [0.2, 0.25) is 17.7 Å². The highest BCUT2D eigenvalue weighted by atomic mass is 32.1. The van der Waals surface area contributed by atoms with Gasteiger partial charge in [-0.25, -0.2) is 4.79 Å². The van der Waals surface area contributed by atoms with Gasteiger partial charge in [0.25, 0.3) is 0 Å². The van der Waals surface area contributed by atoms with Gasteiger partial charge in [0.15, 0.2) is 0 Å². The molecule has 0 radical (unpaired) electrons. The van der Waals surface area contributed by atoms with Crippen molar-refractivity contribution in [3.63, 3.8) is 0 Å². The maximum Gasteiger partial charge on any atom is 0.326 e. The van der Waals surface area contributed by atoms with Crippen molar-refractivity contribution >= 4 is 36.3 Å². The zero-order valence-corrected chi connectivity index (χ0v) is 22.1. The van der Waals surface area contributed by atoms with Gasteiger partial charge < -0.3 is 32.5 Å². The molecule has 38 heavy (non-hydrogen) atoms. The second-order valence-electron chi connectivity index (χ2n) is 8.97. The van der Waals surface area contributed by atoms with E-state index in [4.69, 9.17) is 11.5 Å². The van der Waals surface area contributed by atoms with Crippen LogP contribution >= 0.6 is 12.6 Å². The van der Waals surface area contributed by atoms with Gasteiger partial charge in [-0.2, -0.15) is 12.6 Å². The number of hydrogen-bond donors (Lipinski definition) is 7. The van der Waals surface area contributed by atoms with E-state index in [9.17, 15) is 24.3 Å². The van der Waals surface area contributed by atoms with Crippen LogP contribution in [0.2, 0.25) is 0 Å². The van der Waals surface area contributed by atoms with Crippen LogP contribution in [0.3, 0.4) is 0 Å². The predicted octanol–water partition coefficient (Wildman–Crippen LogP) is 0.397. The SMILES string of the molecule is NCCCCC(NC(=O)C(CS)NC(=O)C(N)Cc1ccccc1)C(=O)NC(Cc1ccccc1)C(=O)O. The number of amides is 3. The van der Waals surface area contributed by atoms with Gasteiger partial charge in [0, 0.05) is 12.2 Å². The quantitative estimate of drug-likeness (QED) is 0.118. The summed E-state index contributed by atoms with van der Waals surface area (Å²) in [5, 5.41) is 17.4. The second kappa shape index (κ2) is 16.4. The van der Waals surface area contributed by atoms with Crippen LogP contribution in [-0.4, -0.2) is 65.3 Å². The number of thiol groups is 1. The van der Waals surface area contributed by atoms with Crippen molar-refractivity contribution in [3.8, 4) is 0 Å². The molecule has 206 valence electrons. The molecule has 0 heterocycles. The van der Waals surface area contributed by atoms with E-state index in [0.717, 1.165) is 11.1 Å². The molecule has 0 fully saturated rings. The molecular formula is C27H37N5O5S. The number of unbranched alkanes of at least 4 members (excludes halogenated alkanes) is 1. The van der Waals surface area contributed by atoms with Gasteiger partial charge in [-0.15, -0.1) is 0 Å². The number of carboxylic acid groups (broad SMARTS) is 1. The maximum atomic E-state index is 13.1. The third kappa shape index (κ3) is 10.5. The van der Waals surface area contributed by atoms with E-state index in [1.807, 2.05) is 36.4 Å². The van der Waals surface area contributed by atoms with Crippen LogP contribution in [0.4, 0.5) is 0 Å². The van der Waals surface area contributed by atoms with Crippen molar-refractivity contribution in [2.24, 2.45) is 11.5 Å². The maximum absolute atomic E-state index is 13.1. The highest BCUT2D eigenvalue weighted by Crippen LogP contribution is 2.07. The molecule has 0 aromatic heterocycles. The summed E-state index contributed by atoms with van der Waals surface area (Å²) >= 11 is 4.18. The fourth-order valence-corrected chi connectivity index (χ4v) is 4.05. The molecular weight excluding hydrogens is 506 g/mol. The summed E-state index contributed by atoms with van der Waals surface area (Å²) in [6.07, 6.45) is 1.77. The zero-order chi connectivity index (χ0) is 27.9. The Morgan fingerprint density at radius 1 is 0.737 bits per heavy atom. The van der Waals surface area contributed by atoms with Crippen LogP contribution in [0.25, 0.3) is 0 Å². The molecule has 0 aliphatic rings. The molecule has 4 unspecified atom stereocenters. The fraction of sp³-hybridized carbons (Fsp3) is 0.407. The van der Waals surface area contributed by atoms with Crippen molar-refractivity contribution in [2.75, 3.05) is 12.3 Å². The summed E-state index contributed by atoms with van der Waals surface area (Å²) in [4.78, 5) is 50.6. The number of aliphatic carboxylic acids is 1. The van der Waals surface area contributed by atoms with Gasteiger partial charge >= 0.3 is 5.97 Å². The molecule has 0 aliphatic heterocycles. The predicted molar refractivity (Wildman–Crippen MR) is 148 cm³/mol. The number of carbonyl (C=O) groups excluding carboxylic acids is 3. The van der Waals surface area contributed by atoms with Crippen molar-refractivity contribution in [2.45, 2.75) is 56.3 Å². The normalized spacial score (nSPS) is 14.0. The molecule has 10 nitrogen and oxygen atoms in total. The van der Waals surface area contributed by atoms with Gasteiger partial charge in [0.1, 0.15) is 18.1 Å². The van der Waals surface area contributed by atoms with E-state index >= 15 is 0 Å². The Morgan fingerprint density at radius 3 is 1.76 bits per heavy atom. The molecule has 0 saturated carbocycles. The standard InChI is InChI=1S/C27H37N5O5S/c28-14-8-7-13-21(25(34)31-22(27(36)37)16-19-11-5-2-6-12-19)30-26(35)23(17-38)32-24(33)20(29)15-18-9-3-1-4-10-18/h1-6,9-12,20-23,38H,7-8,13-17,28-29H2,(H,30,35)(H,31,34)(H,32,33)(H,36,37). The molecule has 0 bridgehead atoms. The molecule has 11 heteroatoms. The molecule has 0 aliphatic carbocycles. The number of carbonyl (C=O) groups is 4. The van der Waals surface area contributed by atoms with Crippen molar-refractivity contribution in [1.82, 2.24) is 16.0 Å². The number of carboxylic acids is 1. The third-order valence-corrected chi connectivity index (χ3v) is 6.29. The van der Waals surface area contributed by atoms with E-state index in [-0.39, 0.29) is 25.0 Å². The number of hydrogen-bond acceptors (Lipinski definition) is 7. The minimum Gasteiger partial charge on any atom is -0.480 e. The summed E-state index contributed by atoms with van der Waals surface area (Å²) in [5.41, 5.74) is 13.2. The second-order valence-corrected chi connectivity index (χ2v) is 9.34. The summed E-state index contributed by atoms with van der Waals surface area (Å²) in [5.74, 6) is -3.01. The number of nitrogens with two attached hydrogens (primary N) is 2. The topological polar surface area (TPSA) is 177 Å². The van der Waals surface area contributed by atoms with Crippen LogP contribution in [0.1, 0.15) is 30.4 Å². The highest BCUT2D eigenvalue weighted by Gasteiger charge is 2.29. The van der Waals surface area contributed by atoms with E-state index < -0.39 is 47.9 Å². The van der Waals surface area contributed by atoms with E-state index in [1.54, 1.807) is 24.3 Å². The van der Waals surface area contributed by atoms with Gasteiger partial charge in [-0.05, 0) is 43.4 Å². The Kier molecular flexibility index (Phi) is 13.3. The average Bonchev–Trinajstić information content (AvgIpc) is 2.91. The lowest BCUT2D eigenvalue weighted by molar-refractivity contribution is -0.142. The van der Waals surface area contributed by atoms with Gasteiger partial charge in [0.05, 0.1) is 6.04 Å². The minimum absolute atomic E-state index is 0.0292. The fourth-order valence-electron chi connectivity index (χ4n) is 3.79. The first-order chi connectivity index (χ1) is 18.2. The molecule has 2 aromatic rings. The summed E-state index contributed by atoms with van der Waals surface area (Å²) in [6, 6.07) is 14.0. The van der Waals surface area contributed by atoms with Crippen LogP contribution in [0, 0.1) is 0 Å². The van der Waals surface area contributed by atoms with Gasteiger partial charge in [-0.1, -0.05) is 60.7 Å². The van der Waals surface area contributed by atoms with E-state index in [2.05, 4.69) is 28.6 Å². The Balaban J connectivity index is 2.04. The van der Waals surface area contributed by atoms with Gasteiger partial charge in [-0.3, -0.25) is 14.4 Å². The van der Waals surface area contributed by atoms with Crippen LogP contribution in [0.15, 0.2) is 60.7 Å². The minimum atomic E-state index is -1.19. The molecule has 0 spiro atoms. The Hall–Kier alpha value is -3.41. The molecule has 3 amide bonds. The summed E-state index contributed by atoms with van der Waals surface area (Å²) in [6.45, 7) is 0.405. The Bertz CT molecular complexity index is 1040. The van der Waals surface area contributed by atoms with Crippen molar-refractivity contribution < 1.29 is 24.3 Å². The third-order valence-electron chi connectivity index (χ3n) is 5.93. The summed E-state index contributed by atoms with van der Waals surface area (Å²) < 4.78 is 0. The molecule has 8 N–H and O–H groups in total. The lowest BCUT2D eigenvalue weighted by atomic mass is 10.0. The van der Waals surface area contributed by atoms with E-state index in [1.165, 1.54) is 0 Å². The number of rotatable bonds is 16. The lowest BCUT2D eigenvalue weighted by Gasteiger charge is -2.24. The zero-order valence-electron chi connectivity index (χ0n) is 21.2. The first-order valence-electron chi connectivity index (χ1n) is 12.5. The Morgan fingerprint density at radius 2 is 1.24 bits per heavy atom. The lowest BCUT2D eigenvalue weighted by Crippen LogP contribution is -2.58. The first-order valence-corrected chi connectivity index (χ1v) is 13.2. The molecule has 2 rings (SSSR count). The first kappa shape index (κ1) is 30.8. The van der Waals surface area contributed by atoms with Crippen LogP contribution in [-0.2, 0) is 32.0 Å². The largest absolute Gasteiger partial charge is 0.480 e. The highest BCUT2D eigenvalue weighted by molar-refractivity contribution is 7.80. The smallest absolute Gasteiger partial charge is 0.326 e. The van der Waals surface area contributed by atoms with Crippen LogP contribution < -0.4 is 27.4 Å². The van der Waals surface area contributed by atoms with Crippen molar-refractivity contribution in [3.05, 3.63) is 71.8 Å². The van der Waals surface area contributed by atoms with E-state index in [0.29, 0.717) is 19.4 Å². The molecule has 0 saturated heterocycles. The van der Waals surface area contributed by atoms with Crippen LogP contribution in [0.5, 0.6) is 0 Å². The summed E-state index contributed by atoms with van der Waals surface area (Å²) in [7, 11) is 0. The molecule has 4 atom stereocenters. The monoisotopic (exact) mass is 543 g/mol. The Labute approximate surface area is 228 Å². The van der Waals surface area contributed by atoms with Crippen molar-refractivity contribution in [1.29, 1.82) is 0 Å². The average molecular weight is 544 g/mol. The number of nitrogens with one attached hydrogen (secondary N) is 3. The molecule has 2 aromatic carbocycles. The number of benzene rings is 2.